The fourth-order valence-corrected chi connectivity index (χ4v) is 3.43. The number of rotatable bonds is 1. The molecule has 0 radical (unpaired) electrons. The number of urea groups is 1. The van der Waals surface area contributed by atoms with Gasteiger partial charge in [-0.05, 0) is 31.0 Å². The minimum Gasteiger partial charge on any atom is -0.489 e. The van der Waals surface area contributed by atoms with Crippen LogP contribution in [0.1, 0.15) is 24.8 Å². The third-order valence-electron chi connectivity index (χ3n) is 4.70. The maximum absolute atomic E-state index is 13.1. The molecule has 0 aliphatic carbocycles. The molecule has 1 fully saturated rings. The first kappa shape index (κ1) is 14.1. The molecule has 0 bridgehead atoms. The van der Waals surface area contributed by atoms with Crippen LogP contribution in [-0.2, 0) is 0 Å². The van der Waals surface area contributed by atoms with E-state index in [2.05, 4.69) is 10.2 Å². The van der Waals surface area contributed by atoms with Crippen LogP contribution in [0.25, 0.3) is 0 Å². The van der Waals surface area contributed by atoms with Gasteiger partial charge in [-0.2, -0.15) is 5.10 Å². The van der Waals surface area contributed by atoms with E-state index in [0.717, 1.165) is 30.9 Å². The average Bonchev–Trinajstić information content (AvgIpc) is 3.25. The molecule has 0 saturated carbocycles. The highest BCUT2D eigenvalue weighted by Gasteiger charge is 2.36. The molecule has 1 aromatic carbocycles. The Labute approximate surface area is 135 Å². The van der Waals surface area contributed by atoms with E-state index in [1.807, 2.05) is 53.4 Å². The fraction of sp³-hybridized carbons (Fsp3) is 0.412. The van der Waals surface area contributed by atoms with Gasteiger partial charge in [-0.25, -0.2) is 4.79 Å². The summed E-state index contributed by atoms with van der Waals surface area (Å²) in [5.41, 5.74) is 2.04. The van der Waals surface area contributed by atoms with Crippen LogP contribution in [0, 0.1) is 0 Å². The highest BCUT2D eigenvalue weighted by molar-refractivity contribution is 5.95. The van der Waals surface area contributed by atoms with Crippen molar-refractivity contribution >= 4 is 11.7 Å². The Kier molecular flexibility index (Phi) is 3.44. The van der Waals surface area contributed by atoms with Gasteiger partial charge in [0, 0.05) is 25.2 Å². The lowest BCUT2D eigenvalue weighted by Gasteiger charge is -2.37. The number of aromatic nitrogens is 2. The molecular weight excluding hydrogens is 292 g/mol. The van der Waals surface area contributed by atoms with Crippen LogP contribution in [0.5, 0.6) is 5.75 Å². The highest BCUT2D eigenvalue weighted by atomic mass is 16.5. The van der Waals surface area contributed by atoms with E-state index in [-0.39, 0.29) is 12.1 Å². The second kappa shape index (κ2) is 5.61. The largest absolute Gasteiger partial charge is 0.489 e. The lowest BCUT2D eigenvalue weighted by molar-refractivity contribution is 0.202. The van der Waals surface area contributed by atoms with E-state index in [1.165, 1.54) is 5.56 Å². The summed E-state index contributed by atoms with van der Waals surface area (Å²) in [5, 5.41) is 6.87. The van der Waals surface area contributed by atoms with Crippen LogP contribution in [0.2, 0.25) is 0 Å². The molecule has 2 aliphatic heterocycles. The van der Waals surface area contributed by atoms with Crippen molar-refractivity contribution in [3.8, 4) is 5.75 Å². The number of benzene rings is 1. The van der Waals surface area contributed by atoms with Crippen molar-refractivity contribution < 1.29 is 9.53 Å². The van der Waals surface area contributed by atoms with Gasteiger partial charge in [0.05, 0.1) is 17.9 Å². The van der Waals surface area contributed by atoms with Crippen LogP contribution in [0.15, 0.2) is 36.7 Å². The molecule has 2 amide bonds. The zero-order valence-corrected chi connectivity index (χ0v) is 13.1. The number of hydrogen-bond acceptors (Lipinski definition) is 3. The number of anilines is 1. The molecule has 4 rings (SSSR count). The molecule has 0 spiro atoms. The Morgan fingerprint density at radius 2 is 2.26 bits per heavy atom. The first-order valence-corrected chi connectivity index (χ1v) is 8.02. The van der Waals surface area contributed by atoms with Gasteiger partial charge in [0.15, 0.2) is 0 Å². The number of nitrogens with zero attached hydrogens (tertiary/aromatic N) is 3. The van der Waals surface area contributed by atoms with Crippen molar-refractivity contribution in [3.63, 3.8) is 0 Å². The number of aromatic amines is 1. The highest BCUT2D eigenvalue weighted by Crippen LogP contribution is 2.35. The first-order valence-electron chi connectivity index (χ1n) is 8.02. The van der Waals surface area contributed by atoms with Crippen LogP contribution in [0.4, 0.5) is 10.5 Å². The Hall–Kier alpha value is -2.50. The van der Waals surface area contributed by atoms with Crippen molar-refractivity contribution in [2.45, 2.75) is 25.3 Å². The SMILES string of the molecule is CC1COc2ccccc2N1C(=O)N1CCC(c2cn[nH]c2)C1. The topological polar surface area (TPSA) is 61.5 Å². The summed E-state index contributed by atoms with van der Waals surface area (Å²) in [6.07, 6.45) is 4.75. The quantitative estimate of drug-likeness (QED) is 0.880. The van der Waals surface area contributed by atoms with E-state index in [4.69, 9.17) is 4.74 Å². The summed E-state index contributed by atoms with van der Waals surface area (Å²) in [4.78, 5) is 16.9. The van der Waals surface area contributed by atoms with Crippen LogP contribution >= 0.6 is 0 Å². The summed E-state index contributed by atoms with van der Waals surface area (Å²) in [6, 6.07) is 7.84. The fourth-order valence-electron chi connectivity index (χ4n) is 3.43. The van der Waals surface area contributed by atoms with Gasteiger partial charge in [-0.3, -0.25) is 10.00 Å². The summed E-state index contributed by atoms with van der Waals surface area (Å²) in [5.74, 6) is 1.15. The molecule has 1 N–H and O–H groups in total. The summed E-state index contributed by atoms with van der Waals surface area (Å²) >= 11 is 0. The predicted octanol–water partition coefficient (Wildman–Crippen LogP) is 2.61. The number of H-pyrrole nitrogens is 1. The summed E-state index contributed by atoms with van der Waals surface area (Å²) < 4.78 is 5.73. The van der Waals surface area contributed by atoms with Crippen molar-refractivity contribution in [2.24, 2.45) is 0 Å². The van der Waals surface area contributed by atoms with Gasteiger partial charge in [-0.1, -0.05) is 12.1 Å². The molecule has 1 aromatic heterocycles. The van der Waals surface area contributed by atoms with Gasteiger partial charge in [0.25, 0.3) is 0 Å². The van der Waals surface area contributed by atoms with E-state index in [1.54, 1.807) is 0 Å². The van der Waals surface area contributed by atoms with Gasteiger partial charge >= 0.3 is 6.03 Å². The Morgan fingerprint density at radius 1 is 1.39 bits per heavy atom. The molecule has 6 nitrogen and oxygen atoms in total. The molecule has 23 heavy (non-hydrogen) atoms. The van der Waals surface area contributed by atoms with Gasteiger partial charge in [0.1, 0.15) is 12.4 Å². The number of carbonyl (C=O) groups is 1. The van der Waals surface area contributed by atoms with E-state index in [0.29, 0.717) is 12.5 Å². The molecule has 2 aromatic rings. The van der Waals surface area contributed by atoms with Crippen molar-refractivity contribution in [1.29, 1.82) is 0 Å². The second-order valence-corrected chi connectivity index (χ2v) is 6.24. The number of ether oxygens (including phenoxy) is 1. The second-order valence-electron chi connectivity index (χ2n) is 6.24. The van der Waals surface area contributed by atoms with Crippen molar-refractivity contribution in [1.82, 2.24) is 15.1 Å². The minimum atomic E-state index is 0.0328. The molecule has 3 heterocycles. The number of nitrogens with one attached hydrogen (secondary N) is 1. The van der Waals surface area contributed by atoms with Gasteiger partial charge in [0.2, 0.25) is 0 Å². The van der Waals surface area contributed by atoms with Crippen molar-refractivity contribution in [3.05, 3.63) is 42.2 Å². The summed E-state index contributed by atoms with van der Waals surface area (Å²) in [6.45, 7) is 4.07. The number of amides is 2. The molecule has 6 heteroatoms. The monoisotopic (exact) mass is 312 g/mol. The van der Waals surface area contributed by atoms with Gasteiger partial charge < -0.3 is 9.64 Å². The maximum Gasteiger partial charge on any atom is 0.324 e. The molecule has 2 atom stereocenters. The van der Waals surface area contributed by atoms with Crippen LogP contribution < -0.4 is 9.64 Å². The lowest BCUT2D eigenvalue weighted by atomic mass is 10.0. The zero-order valence-electron chi connectivity index (χ0n) is 13.1. The van der Waals surface area contributed by atoms with Crippen LogP contribution in [-0.4, -0.2) is 46.9 Å². The van der Waals surface area contributed by atoms with Crippen LogP contribution in [0.3, 0.4) is 0 Å². The minimum absolute atomic E-state index is 0.0328. The Bertz CT molecular complexity index is 700. The molecule has 2 unspecified atom stereocenters. The number of fused-ring (bicyclic) bond motifs is 1. The average molecular weight is 312 g/mol. The Morgan fingerprint density at radius 3 is 3.09 bits per heavy atom. The van der Waals surface area contributed by atoms with E-state index >= 15 is 0 Å². The normalized spacial score (nSPS) is 23.5. The third-order valence-corrected chi connectivity index (χ3v) is 4.70. The number of carbonyl (C=O) groups excluding carboxylic acids is 1. The van der Waals surface area contributed by atoms with E-state index < -0.39 is 0 Å². The van der Waals surface area contributed by atoms with Gasteiger partial charge in [-0.15, -0.1) is 0 Å². The number of likely N-dealkylation sites (tertiary alicyclic amines) is 1. The lowest BCUT2D eigenvalue weighted by Crippen LogP contribution is -2.50. The van der Waals surface area contributed by atoms with E-state index in [9.17, 15) is 4.79 Å². The molecule has 120 valence electrons. The number of hydrogen-bond donors (Lipinski definition) is 1. The standard InChI is InChI=1S/C17H20N4O2/c1-12-11-23-16-5-3-2-4-15(16)21(12)17(22)20-7-6-13(10-20)14-8-18-19-9-14/h2-5,8-9,12-13H,6-7,10-11H2,1H3,(H,18,19). The predicted molar refractivity (Wildman–Crippen MR) is 86.8 cm³/mol. The Balaban J connectivity index is 1.55. The molecular formula is C17H20N4O2. The maximum atomic E-state index is 13.1. The molecule has 2 aliphatic rings. The zero-order chi connectivity index (χ0) is 15.8. The summed E-state index contributed by atoms with van der Waals surface area (Å²) in [7, 11) is 0. The number of para-hydroxylation sites is 2. The first-order chi connectivity index (χ1) is 11.2. The van der Waals surface area contributed by atoms with Crippen molar-refractivity contribution in [2.75, 3.05) is 24.6 Å². The third kappa shape index (κ3) is 2.44. The smallest absolute Gasteiger partial charge is 0.324 e. The molecule has 1 saturated heterocycles.